The Morgan fingerprint density at radius 2 is 2.27 bits per heavy atom. The Balaban J connectivity index is 4.32. The van der Waals surface area contributed by atoms with Crippen molar-refractivity contribution in [3.8, 4) is 0 Å². The number of aliphatic hydroxyl groups is 1. The molecule has 62 valence electrons. The summed E-state index contributed by atoms with van der Waals surface area (Å²) in [5.41, 5.74) is 0.921. The highest BCUT2D eigenvalue weighted by Gasteiger charge is 2.02. The highest BCUT2D eigenvalue weighted by Crippen LogP contribution is 2.07. The fourth-order valence-electron chi connectivity index (χ4n) is 0.842. The lowest BCUT2D eigenvalue weighted by Gasteiger charge is -2.07. The maximum absolute atomic E-state index is 9.41. The maximum atomic E-state index is 9.41. The van der Waals surface area contributed by atoms with Crippen molar-refractivity contribution in [1.29, 1.82) is 0 Å². The Bertz CT molecular complexity index is 166. The monoisotopic (exact) mass is 152 g/mol. The van der Waals surface area contributed by atoms with E-state index in [1.54, 1.807) is 6.08 Å². The molecule has 1 heteroatoms. The van der Waals surface area contributed by atoms with Crippen molar-refractivity contribution >= 4 is 0 Å². The van der Waals surface area contributed by atoms with Crippen LogP contribution >= 0.6 is 0 Å². The second kappa shape index (κ2) is 5.93. The first kappa shape index (κ1) is 10.2. The van der Waals surface area contributed by atoms with Crippen LogP contribution in [0.15, 0.2) is 36.5 Å². The molecule has 0 aromatic carbocycles. The van der Waals surface area contributed by atoms with Gasteiger partial charge in [0, 0.05) is 0 Å². The first-order valence-electron chi connectivity index (χ1n) is 3.89. The summed E-state index contributed by atoms with van der Waals surface area (Å²) in [6.45, 7) is 7.46. The van der Waals surface area contributed by atoms with Crippen LogP contribution in [-0.2, 0) is 0 Å². The third-order valence-corrected chi connectivity index (χ3v) is 1.44. The maximum Gasteiger partial charge on any atom is 0.0787 e. The third kappa shape index (κ3) is 3.79. The zero-order chi connectivity index (χ0) is 8.69. The molecular formula is C10H16O. The van der Waals surface area contributed by atoms with Crippen molar-refractivity contribution in [1.82, 2.24) is 0 Å². The van der Waals surface area contributed by atoms with Crippen molar-refractivity contribution in [2.45, 2.75) is 26.4 Å². The van der Waals surface area contributed by atoms with E-state index in [-0.39, 0.29) is 6.10 Å². The van der Waals surface area contributed by atoms with Crippen LogP contribution in [0.5, 0.6) is 0 Å². The highest BCUT2D eigenvalue weighted by molar-refractivity contribution is 5.26. The third-order valence-electron chi connectivity index (χ3n) is 1.44. The molecule has 1 N–H and O–H groups in total. The van der Waals surface area contributed by atoms with E-state index in [4.69, 9.17) is 0 Å². The second-order valence-corrected chi connectivity index (χ2v) is 2.33. The van der Waals surface area contributed by atoms with Gasteiger partial charge in [0.05, 0.1) is 6.10 Å². The molecule has 0 aromatic rings. The predicted octanol–water partition coefficient (Wildman–Crippen LogP) is 2.45. The van der Waals surface area contributed by atoms with Gasteiger partial charge in [-0.05, 0) is 18.9 Å². The molecule has 1 nitrogen and oxygen atoms in total. The molecule has 0 bridgehead atoms. The molecule has 1 atom stereocenters. The molecule has 0 radical (unpaired) electrons. The van der Waals surface area contributed by atoms with Gasteiger partial charge in [-0.25, -0.2) is 0 Å². The highest BCUT2D eigenvalue weighted by atomic mass is 16.3. The van der Waals surface area contributed by atoms with Crippen LogP contribution < -0.4 is 0 Å². The molecule has 0 saturated carbocycles. The van der Waals surface area contributed by atoms with E-state index >= 15 is 0 Å². The summed E-state index contributed by atoms with van der Waals surface area (Å²) in [5, 5.41) is 9.41. The number of allylic oxidation sites excluding steroid dienone is 3. The van der Waals surface area contributed by atoms with Crippen molar-refractivity contribution in [3.63, 3.8) is 0 Å². The van der Waals surface area contributed by atoms with Gasteiger partial charge in [0.2, 0.25) is 0 Å². The topological polar surface area (TPSA) is 20.2 Å². The SMILES string of the molecule is C=C/C=C(\C=C/C)C(O)CC. The average Bonchev–Trinajstić information content (AvgIpc) is 2.03. The van der Waals surface area contributed by atoms with Gasteiger partial charge in [0.1, 0.15) is 0 Å². The molecule has 0 heterocycles. The van der Waals surface area contributed by atoms with Gasteiger partial charge >= 0.3 is 0 Å². The Hall–Kier alpha value is -0.820. The summed E-state index contributed by atoms with van der Waals surface area (Å²) in [4.78, 5) is 0. The Labute approximate surface area is 68.7 Å². The van der Waals surface area contributed by atoms with Crippen LogP contribution in [0.2, 0.25) is 0 Å². The van der Waals surface area contributed by atoms with Crippen molar-refractivity contribution in [3.05, 3.63) is 36.5 Å². The van der Waals surface area contributed by atoms with Crippen molar-refractivity contribution < 1.29 is 5.11 Å². The molecule has 0 amide bonds. The van der Waals surface area contributed by atoms with Gasteiger partial charge in [-0.3, -0.25) is 0 Å². The molecule has 0 aliphatic rings. The summed E-state index contributed by atoms with van der Waals surface area (Å²) >= 11 is 0. The van der Waals surface area contributed by atoms with Crippen molar-refractivity contribution in [2.75, 3.05) is 0 Å². The molecule has 0 saturated heterocycles. The van der Waals surface area contributed by atoms with Gasteiger partial charge in [0.25, 0.3) is 0 Å². The molecule has 1 unspecified atom stereocenters. The van der Waals surface area contributed by atoms with Gasteiger partial charge in [0.15, 0.2) is 0 Å². The van der Waals surface area contributed by atoms with Crippen LogP contribution in [0.1, 0.15) is 20.3 Å². The van der Waals surface area contributed by atoms with Crippen LogP contribution in [0.4, 0.5) is 0 Å². The average molecular weight is 152 g/mol. The van der Waals surface area contributed by atoms with Crippen molar-refractivity contribution in [2.24, 2.45) is 0 Å². The van der Waals surface area contributed by atoms with E-state index in [1.165, 1.54) is 0 Å². The Morgan fingerprint density at radius 1 is 1.64 bits per heavy atom. The zero-order valence-electron chi connectivity index (χ0n) is 7.25. The molecule has 0 fully saturated rings. The molecule has 0 rings (SSSR count). The number of hydrogen-bond donors (Lipinski definition) is 1. The van der Waals surface area contributed by atoms with Crippen LogP contribution in [-0.4, -0.2) is 11.2 Å². The van der Waals surface area contributed by atoms with Gasteiger partial charge < -0.3 is 5.11 Å². The van der Waals surface area contributed by atoms with Gasteiger partial charge in [-0.2, -0.15) is 0 Å². The number of rotatable bonds is 4. The minimum absolute atomic E-state index is 0.357. The minimum Gasteiger partial charge on any atom is -0.388 e. The van der Waals surface area contributed by atoms with E-state index in [2.05, 4.69) is 6.58 Å². The van der Waals surface area contributed by atoms with Crippen LogP contribution in [0.3, 0.4) is 0 Å². The fraction of sp³-hybridized carbons (Fsp3) is 0.400. The minimum atomic E-state index is -0.357. The molecule has 0 aromatic heterocycles. The number of aliphatic hydroxyl groups excluding tert-OH is 1. The normalized spacial score (nSPS) is 15.4. The number of hydrogen-bond acceptors (Lipinski definition) is 1. The summed E-state index contributed by atoms with van der Waals surface area (Å²) < 4.78 is 0. The molecule has 0 spiro atoms. The summed E-state index contributed by atoms with van der Waals surface area (Å²) in [5.74, 6) is 0. The largest absolute Gasteiger partial charge is 0.388 e. The zero-order valence-corrected chi connectivity index (χ0v) is 7.25. The summed E-state index contributed by atoms with van der Waals surface area (Å²) in [6, 6.07) is 0. The first-order chi connectivity index (χ1) is 5.26. The molecule has 0 aliphatic carbocycles. The quantitative estimate of drug-likeness (QED) is 0.613. The second-order valence-electron chi connectivity index (χ2n) is 2.33. The predicted molar refractivity (Wildman–Crippen MR) is 49.4 cm³/mol. The van der Waals surface area contributed by atoms with E-state index in [0.29, 0.717) is 0 Å². The van der Waals surface area contributed by atoms with E-state index in [1.807, 2.05) is 32.1 Å². The Morgan fingerprint density at radius 3 is 2.64 bits per heavy atom. The summed E-state index contributed by atoms with van der Waals surface area (Å²) in [6.07, 6.45) is 7.71. The van der Waals surface area contributed by atoms with Gasteiger partial charge in [-0.15, -0.1) is 0 Å². The van der Waals surface area contributed by atoms with Crippen LogP contribution in [0.25, 0.3) is 0 Å². The molecule has 0 aliphatic heterocycles. The lowest BCUT2D eigenvalue weighted by Crippen LogP contribution is -2.06. The van der Waals surface area contributed by atoms with E-state index in [9.17, 15) is 5.11 Å². The first-order valence-corrected chi connectivity index (χ1v) is 3.89. The Kier molecular flexibility index (Phi) is 5.49. The molecule has 11 heavy (non-hydrogen) atoms. The van der Waals surface area contributed by atoms with E-state index in [0.717, 1.165) is 12.0 Å². The van der Waals surface area contributed by atoms with Gasteiger partial charge in [-0.1, -0.05) is 37.8 Å². The lowest BCUT2D eigenvalue weighted by atomic mass is 10.1. The fourth-order valence-corrected chi connectivity index (χ4v) is 0.842. The molecular weight excluding hydrogens is 136 g/mol. The van der Waals surface area contributed by atoms with Crippen LogP contribution in [0, 0.1) is 0 Å². The summed E-state index contributed by atoms with van der Waals surface area (Å²) in [7, 11) is 0. The lowest BCUT2D eigenvalue weighted by molar-refractivity contribution is 0.210. The standard InChI is InChI=1S/C10H16O/c1-4-7-9(8-5-2)10(11)6-3/h4-5,7-8,10-11H,1,6H2,2-3H3/b8-5-,9-7+. The smallest absolute Gasteiger partial charge is 0.0787 e. The van der Waals surface area contributed by atoms with E-state index < -0.39 is 0 Å².